The molecule has 1 saturated carbocycles. The highest BCUT2D eigenvalue weighted by Crippen LogP contribution is 2.53. The van der Waals surface area contributed by atoms with Crippen molar-refractivity contribution in [3.63, 3.8) is 0 Å². The van der Waals surface area contributed by atoms with Gasteiger partial charge in [0, 0.05) is 31.1 Å². The van der Waals surface area contributed by atoms with Gasteiger partial charge in [0.2, 0.25) is 0 Å². The molecular weight excluding hydrogens is 418 g/mol. The molecule has 33 heavy (non-hydrogen) atoms. The molecule has 0 bridgehead atoms. The molecule has 5 rings (SSSR count). The molecule has 3 atom stereocenters. The minimum absolute atomic E-state index is 0.00533. The van der Waals surface area contributed by atoms with E-state index >= 15 is 0 Å². The Labute approximate surface area is 195 Å². The SMILES string of the molecule is COc1ccc(C)c(C23CCN(C(=O)c4ncco4)CCC2(O)C(C)N(CC2CC2)CC3)c1. The first-order chi connectivity index (χ1) is 15.9. The third-order valence-corrected chi connectivity index (χ3v) is 8.52. The Bertz CT molecular complexity index is 1000. The first-order valence-electron chi connectivity index (χ1n) is 12.2. The van der Waals surface area contributed by atoms with Crippen molar-refractivity contribution in [2.75, 3.05) is 33.3 Å². The van der Waals surface area contributed by atoms with Crippen LogP contribution in [0.1, 0.15) is 60.8 Å². The molecule has 2 aromatic rings. The van der Waals surface area contributed by atoms with Crippen LogP contribution in [0.3, 0.4) is 0 Å². The lowest BCUT2D eigenvalue weighted by molar-refractivity contribution is -0.136. The topological polar surface area (TPSA) is 79.0 Å². The number of amides is 1. The molecule has 2 aliphatic heterocycles. The summed E-state index contributed by atoms with van der Waals surface area (Å²) in [4.78, 5) is 21.4. The molecule has 1 amide bonds. The van der Waals surface area contributed by atoms with Crippen LogP contribution in [0.2, 0.25) is 0 Å². The monoisotopic (exact) mass is 453 g/mol. The van der Waals surface area contributed by atoms with Gasteiger partial charge in [-0.1, -0.05) is 6.07 Å². The highest BCUT2D eigenvalue weighted by Gasteiger charge is 2.60. The quantitative estimate of drug-likeness (QED) is 0.748. The zero-order chi connectivity index (χ0) is 23.2. The highest BCUT2D eigenvalue weighted by molar-refractivity contribution is 5.89. The predicted octanol–water partition coefficient (Wildman–Crippen LogP) is 3.40. The molecule has 7 nitrogen and oxygen atoms in total. The second-order valence-electron chi connectivity index (χ2n) is 10.2. The lowest BCUT2D eigenvalue weighted by Crippen LogP contribution is -2.68. The Morgan fingerprint density at radius 1 is 1.24 bits per heavy atom. The van der Waals surface area contributed by atoms with Crippen LogP contribution < -0.4 is 4.74 Å². The van der Waals surface area contributed by atoms with Gasteiger partial charge in [-0.2, -0.15) is 0 Å². The third-order valence-electron chi connectivity index (χ3n) is 8.52. The number of benzene rings is 1. The number of aryl methyl sites for hydroxylation is 1. The van der Waals surface area contributed by atoms with Gasteiger partial charge in [-0.05, 0) is 81.7 Å². The van der Waals surface area contributed by atoms with E-state index in [1.165, 1.54) is 25.3 Å². The number of rotatable bonds is 5. The van der Waals surface area contributed by atoms with Crippen LogP contribution in [0.15, 0.2) is 35.1 Å². The number of methoxy groups -OCH3 is 1. The highest BCUT2D eigenvalue weighted by atomic mass is 16.5. The van der Waals surface area contributed by atoms with Gasteiger partial charge >= 0.3 is 5.91 Å². The second kappa shape index (κ2) is 8.44. The van der Waals surface area contributed by atoms with E-state index in [0.717, 1.165) is 42.3 Å². The summed E-state index contributed by atoms with van der Waals surface area (Å²) in [7, 11) is 1.68. The zero-order valence-corrected chi connectivity index (χ0v) is 19.9. The van der Waals surface area contributed by atoms with Crippen molar-refractivity contribution >= 4 is 5.91 Å². The van der Waals surface area contributed by atoms with E-state index in [-0.39, 0.29) is 17.8 Å². The summed E-state index contributed by atoms with van der Waals surface area (Å²) < 4.78 is 10.9. The maximum atomic E-state index is 13.1. The number of carbonyl (C=O) groups excluding carboxylic acids is 1. The summed E-state index contributed by atoms with van der Waals surface area (Å²) >= 11 is 0. The van der Waals surface area contributed by atoms with Gasteiger partial charge in [0.25, 0.3) is 5.89 Å². The number of aromatic nitrogens is 1. The first-order valence-corrected chi connectivity index (χ1v) is 12.2. The predicted molar refractivity (Wildman–Crippen MR) is 124 cm³/mol. The number of nitrogens with zero attached hydrogens (tertiary/aromatic N) is 3. The maximum Gasteiger partial charge on any atom is 0.309 e. The number of piperidine rings is 1. The molecule has 1 aromatic carbocycles. The Hall–Kier alpha value is -2.38. The Morgan fingerprint density at radius 2 is 2.00 bits per heavy atom. The summed E-state index contributed by atoms with van der Waals surface area (Å²) in [6.07, 6.45) is 7.56. The van der Waals surface area contributed by atoms with Crippen molar-refractivity contribution in [2.24, 2.45) is 5.92 Å². The van der Waals surface area contributed by atoms with Gasteiger partial charge < -0.3 is 19.2 Å². The van der Waals surface area contributed by atoms with Crippen LogP contribution in [-0.4, -0.2) is 70.7 Å². The molecule has 7 heteroatoms. The van der Waals surface area contributed by atoms with Crippen LogP contribution in [0.5, 0.6) is 5.75 Å². The van der Waals surface area contributed by atoms with E-state index in [2.05, 4.69) is 35.9 Å². The molecule has 1 aliphatic carbocycles. The van der Waals surface area contributed by atoms with E-state index in [1.807, 2.05) is 6.07 Å². The van der Waals surface area contributed by atoms with Crippen LogP contribution in [0, 0.1) is 12.8 Å². The van der Waals surface area contributed by atoms with Crippen LogP contribution in [0.25, 0.3) is 0 Å². The molecule has 2 saturated heterocycles. The molecule has 3 heterocycles. The fourth-order valence-corrected chi connectivity index (χ4v) is 6.27. The number of likely N-dealkylation sites (tertiary alicyclic amines) is 2. The van der Waals surface area contributed by atoms with E-state index in [9.17, 15) is 9.90 Å². The van der Waals surface area contributed by atoms with Crippen LogP contribution in [0.4, 0.5) is 0 Å². The second-order valence-corrected chi connectivity index (χ2v) is 10.2. The van der Waals surface area contributed by atoms with Crippen molar-refractivity contribution in [3.05, 3.63) is 47.7 Å². The Balaban J connectivity index is 1.55. The van der Waals surface area contributed by atoms with Gasteiger partial charge in [-0.25, -0.2) is 4.98 Å². The number of hydrogen-bond acceptors (Lipinski definition) is 6. The molecule has 0 spiro atoms. The van der Waals surface area contributed by atoms with E-state index in [4.69, 9.17) is 9.15 Å². The largest absolute Gasteiger partial charge is 0.497 e. The van der Waals surface area contributed by atoms with Gasteiger partial charge in [0.05, 0.1) is 18.9 Å². The maximum absolute atomic E-state index is 13.1. The fraction of sp³-hybridized carbons (Fsp3) is 0.615. The minimum Gasteiger partial charge on any atom is -0.497 e. The van der Waals surface area contributed by atoms with Crippen LogP contribution >= 0.6 is 0 Å². The van der Waals surface area contributed by atoms with Crippen molar-refractivity contribution in [3.8, 4) is 5.75 Å². The molecule has 3 aliphatic rings. The number of oxazole rings is 1. The van der Waals surface area contributed by atoms with Crippen molar-refractivity contribution in [1.29, 1.82) is 0 Å². The molecule has 0 radical (unpaired) electrons. The minimum atomic E-state index is -0.969. The average molecular weight is 454 g/mol. The molecule has 1 N–H and O–H groups in total. The summed E-state index contributed by atoms with van der Waals surface area (Å²) in [6, 6.07) is 6.17. The average Bonchev–Trinajstić information content (AvgIpc) is 3.50. The molecule has 3 unspecified atom stereocenters. The number of fused-ring (bicyclic) bond motifs is 1. The van der Waals surface area contributed by atoms with E-state index in [1.54, 1.807) is 12.0 Å². The lowest BCUT2D eigenvalue weighted by Gasteiger charge is -2.57. The van der Waals surface area contributed by atoms with Crippen molar-refractivity contribution in [1.82, 2.24) is 14.8 Å². The summed E-state index contributed by atoms with van der Waals surface area (Å²) in [5.41, 5.74) is 0.872. The smallest absolute Gasteiger partial charge is 0.309 e. The molecule has 178 valence electrons. The van der Waals surface area contributed by atoms with Gasteiger partial charge in [0.1, 0.15) is 12.0 Å². The third kappa shape index (κ3) is 3.75. The first kappa shape index (κ1) is 22.4. The molecular formula is C26H35N3O4. The number of aliphatic hydroxyl groups is 1. The fourth-order valence-electron chi connectivity index (χ4n) is 6.27. The Kier molecular flexibility index (Phi) is 5.73. The molecule has 1 aromatic heterocycles. The van der Waals surface area contributed by atoms with Crippen molar-refractivity contribution in [2.45, 2.75) is 63.0 Å². The van der Waals surface area contributed by atoms with Gasteiger partial charge in [-0.15, -0.1) is 0 Å². The zero-order valence-electron chi connectivity index (χ0n) is 19.9. The Morgan fingerprint density at radius 3 is 2.70 bits per heavy atom. The normalized spacial score (nSPS) is 30.5. The summed E-state index contributed by atoms with van der Waals surface area (Å²) in [5.74, 6) is 1.47. The van der Waals surface area contributed by atoms with Crippen molar-refractivity contribution < 1.29 is 19.1 Å². The standard InChI is InChI=1S/C26H35N3O4/c1-18-4-7-21(32-3)16-22(18)25-8-12-28(24(30)23-27-11-15-33-23)14-10-26(25,31)19(2)29(13-9-25)17-20-5-6-20/h4,7,11,15-16,19-20,31H,5-6,8-10,12-14,17H2,1-3H3. The lowest BCUT2D eigenvalue weighted by atomic mass is 9.57. The van der Waals surface area contributed by atoms with Gasteiger partial charge in [-0.3, -0.25) is 9.69 Å². The van der Waals surface area contributed by atoms with Crippen LogP contribution in [-0.2, 0) is 5.41 Å². The van der Waals surface area contributed by atoms with E-state index < -0.39 is 11.0 Å². The molecule has 3 fully saturated rings. The summed E-state index contributed by atoms with van der Waals surface area (Å²) in [6.45, 7) is 7.32. The van der Waals surface area contributed by atoms with Gasteiger partial charge in [0.15, 0.2) is 0 Å². The number of carbonyl (C=O) groups is 1. The summed E-state index contributed by atoms with van der Waals surface area (Å²) in [5, 5.41) is 12.6. The number of hydrogen-bond donors (Lipinski definition) is 1. The number of ether oxygens (including phenoxy) is 1. The van der Waals surface area contributed by atoms with E-state index in [0.29, 0.717) is 25.9 Å².